The number of aromatic nitrogens is 2. The van der Waals surface area contributed by atoms with Gasteiger partial charge in [0.1, 0.15) is 10.4 Å². The molecule has 2 aliphatic heterocycles. The highest BCUT2D eigenvalue weighted by molar-refractivity contribution is 8.08. The molecule has 3 rings (SSSR count). The Hall–Kier alpha value is -1.80. The lowest BCUT2D eigenvalue weighted by Crippen LogP contribution is -2.60. The molecule has 3 heterocycles. The predicted molar refractivity (Wildman–Crippen MR) is 66.5 cm³/mol. The summed E-state index contributed by atoms with van der Waals surface area (Å²) < 4.78 is 1.43. The van der Waals surface area contributed by atoms with Crippen molar-refractivity contribution in [1.82, 2.24) is 14.7 Å². The van der Waals surface area contributed by atoms with Crippen LogP contribution in [0.25, 0.3) is 5.03 Å². The van der Waals surface area contributed by atoms with E-state index in [1.165, 1.54) is 34.5 Å². The number of aliphatic hydroxyl groups excluding tert-OH is 1. The smallest absolute Gasteiger partial charge is 0.355 e. The number of hydrogen-bond acceptors (Lipinski definition) is 5. The van der Waals surface area contributed by atoms with Crippen molar-refractivity contribution in [2.24, 2.45) is 5.92 Å². The summed E-state index contributed by atoms with van der Waals surface area (Å²) in [5.74, 6) is -2.09. The molecule has 19 heavy (non-hydrogen) atoms. The van der Waals surface area contributed by atoms with Gasteiger partial charge < -0.3 is 10.2 Å². The van der Waals surface area contributed by atoms with E-state index in [1.54, 1.807) is 12.3 Å². The van der Waals surface area contributed by atoms with E-state index >= 15 is 0 Å². The second kappa shape index (κ2) is 4.10. The summed E-state index contributed by atoms with van der Waals surface area (Å²) in [6.45, 7) is 1.53. The first-order valence-corrected chi connectivity index (χ1v) is 6.55. The maximum atomic E-state index is 11.9. The van der Waals surface area contributed by atoms with Gasteiger partial charge in [0.05, 0.1) is 12.0 Å². The van der Waals surface area contributed by atoms with Gasteiger partial charge >= 0.3 is 5.97 Å². The summed E-state index contributed by atoms with van der Waals surface area (Å²) in [6.07, 6.45) is 2.36. The van der Waals surface area contributed by atoms with Gasteiger partial charge in [-0.05, 0) is 13.0 Å². The van der Waals surface area contributed by atoms with Crippen LogP contribution in [0.5, 0.6) is 0 Å². The molecule has 1 saturated heterocycles. The van der Waals surface area contributed by atoms with Crippen molar-refractivity contribution in [3.8, 4) is 0 Å². The lowest BCUT2D eigenvalue weighted by Gasteiger charge is -2.43. The first-order valence-electron chi connectivity index (χ1n) is 5.67. The van der Waals surface area contributed by atoms with Crippen LogP contribution >= 0.6 is 11.8 Å². The topological polar surface area (TPSA) is 95.7 Å². The molecule has 2 aliphatic rings. The number of β-lactam (4-membered cyclic amide) rings is 1. The van der Waals surface area contributed by atoms with Crippen LogP contribution in [0.4, 0.5) is 0 Å². The van der Waals surface area contributed by atoms with Crippen LogP contribution in [-0.4, -0.2) is 48.2 Å². The molecule has 2 N–H and O–H groups in total. The number of hydrogen-bond donors (Lipinski definition) is 2. The number of carboxylic acids is 1. The molecule has 1 aromatic rings. The highest BCUT2D eigenvalue weighted by Crippen LogP contribution is 2.51. The fourth-order valence-electron chi connectivity index (χ4n) is 2.31. The Bertz CT molecular complexity index is 581. The van der Waals surface area contributed by atoms with Gasteiger partial charge in [-0.15, -0.1) is 0 Å². The van der Waals surface area contributed by atoms with E-state index in [1.807, 2.05) is 0 Å². The summed E-state index contributed by atoms with van der Waals surface area (Å²) in [7, 11) is 0. The standard InChI is InChI=1S/C11H11N3O4S/c1-5(15)6-8(16)14-7(11(17)18)10(19-9(6)14)13-4-2-3-12-13/h2-6,9,15H,1H3,(H,17,18)/t5-,6+,9-/m1/s1. The zero-order chi connectivity index (χ0) is 13.7. The molecule has 1 fully saturated rings. The van der Waals surface area contributed by atoms with E-state index < -0.39 is 18.0 Å². The molecule has 0 radical (unpaired) electrons. The summed E-state index contributed by atoms with van der Waals surface area (Å²) in [5.41, 5.74) is -0.0689. The SMILES string of the molecule is C[C@@H](O)[C@H]1C(=O)N2C(C(=O)O)=C(n3cccn3)S[C@H]12. The van der Waals surface area contributed by atoms with E-state index in [-0.39, 0.29) is 17.0 Å². The molecular weight excluding hydrogens is 270 g/mol. The lowest BCUT2D eigenvalue weighted by atomic mass is 9.92. The summed E-state index contributed by atoms with van der Waals surface area (Å²) in [6, 6.07) is 1.68. The quantitative estimate of drug-likeness (QED) is 0.758. The number of aliphatic hydroxyl groups is 1. The monoisotopic (exact) mass is 281 g/mol. The number of aliphatic carboxylic acids is 1. The van der Waals surface area contributed by atoms with Crippen LogP contribution < -0.4 is 0 Å². The first kappa shape index (κ1) is 12.2. The average Bonchev–Trinajstić information content (AvgIpc) is 2.92. The minimum Gasteiger partial charge on any atom is -0.476 e. The molecule has 3 atom stereocenters. The van der Waals surface area contributed by atoms with Crippen molar-refractivity contribution in [2.75, 3.05) is 0 Å². The number of amides is 1. The van der Waals surface area contributed by atoms with E-state index in [0.717, 1.165) is 0 Å². The molecule has 0 spiro atoms. The maximum absolute atomic E-state index is 11.9. The van der Waals surface area contributed by atoms with Gasteiger partial charge in [0, 0.05) is 12.4 Å². The highest BCUT2D eigenvalue weighted by atomic mass is 32.2. The van der Waals surface area contributed by atoms with Gasteiger partial charge in [-0.1, -0.05) is 11.8 Å². The number of rotatable bonds is 3. The minimum atomic E-state index is -1.17. The van der Waals surface area contributed by atoms with Crippen LogP contribution in [0.3, 0.4) is 0 Å². The van der Waals surface area contributed by atoms with Crippen LogP contribution in [0.2, 0.25) is 0 Å². The molecule has 100 valence electrons. The Morgan fingerprint density at radius 1 is 1.58 bits per heavy atom. The Morgan fingerprint density at radius 3 is 2.84 bits per heavy atom. The van der Waals surface area contributed by atoms with Gasteiger partial charge in [0.25, 0.3) is 0 Å². The van der Waals surface area contributed by atoms with E-state index in [2.05, 4.69) is 5.10 Å². The number of fused-ring (bicyclic) bond motifs is 1. The molecule has 1 aromatic heterocycles. The molecule has 0 aliphatic carbocycles. The molecule has 0 saturated carbocycles. The second-order valence-corrected chi connectivity index (χ2v) is 5.50. The number of carboxylic acid groups (broad SMARTS) is 1. The zero-order valence-corrected chi connectivity index (χ0v) is 10.7. The zero-order valence-electron chi connectivity index (χ0n) is 9.92. The number of carbonyl (C=O) groups is 2. The first-order chi connectivity index (χ1) is 9.02. The van der Waals surface area contributed by atoms with Crippen molar-refractivity contribution in [3.63, 3.8) is 0 Å². The van der Waals surface area contributed by atoms with Crippen molar-refractivity contribution in [1.29, 1.82) is 0 Å². The van der Waals surface area contributed by atoms with Crippen LogP contribution in [-0.2, 0) is 9.59 Å². The Labute approximate surface area is 112 Å². The molecule has 8 heteroatoms. The van der Waals surface area contributed by atoms with Gasteiger partial charge in [-0.2, -0.15) is 5.10 Å². The number of thioether (sulfide) groups is 1. The van der Waals surface area contributed by atoms with Crippen molar-refractivity contribution >= 4 is 28.7 Å². The summed E-state index contributed by atoms with van der Waals surface area (Å²) in [5, 5.41) is 22.9. The van der Waals surface area contributed by atoms with Gasteiger partial charge in [-0.25, -0.2) is 9.48 Å². The summed E-state index contributed by atoms with van der Waals surface area (Å²) >= 11 is 1.24. The van der Waals surface area contributed by atoms with Crippen molar-refractivity contribution < 1.29 is 19.8 Å². The van der Waals surface area contributed by atoms with Gasteiger partial charge in [0.15, 0.2) is 5.70 Å². The maximum Gasteiger partial charge on any atom is 0.355 e. The third-order valence-corrected chi connectivity index (χ3v) is 4.54. The van der Waals surface area contributed by atoms with Gasteiger partial charge in [-0.3, -0.25) is 9.69 Å². The van der Waals surface area contributed by atoms with Crippen LogP contribution in [0.1, 0.15) is 6.92 Å². The number of nitrogens with zero attached hydrogens (tertiary/aromatic N) is 3. The molecule has 7 nitrogen and oxygen atoms in total. The third kappa shape index (κ3) is 1.60. The lowest BCUT2D eigenvalue weighted by molar-refractivity contribution is -0.156. The molecule has 1 amide bonds. The van der Waals surface area contributed by atoms with Crippen molar-refractivity contribution in [2.45, 2.75) is 18.4 Å². The Balaban J connectivity index is 2.01. The average molecular weight is 281 g/mol. The molecule has 0 unspecified atom stereocenters. The molecular formula is C11H11N3O4S. The molecule has 0 aromatic carbocycles. The molecule has 0 bridgehead atoms. The van der Waals surface area contributed by atoms with E-state index in [9.17, 15) is 19.8 Å². The van der Waals surface area contributed by atoms with Crippen molar-refractivity contribution in [3.05, 3.63) is 24.2 Å². The summed E-state index contributed by atoms with van der Waals surface area (Å²) in [4.78, 5) is 24.5. The van der Waals surface area contributed by atoms with E-state index in [4.69, 9.17) is 0 Å². The highest BCUT2D eigenvalue weighted by Gasteiger charge is 2.58. The Kier molecular flexibility index (Phi) is 2.64. The second-order valence-electron chi connectivity index (χ2n) is 4.39. The predicted octanol–water partition coefficient (Wildman–Crippen LogP) is 0.00590. The van der Waals surface area contributed by atoms with Crippen LogP contribution in [0.15, 0.2) is 24.2 Å². The number of carbonyl (C=O) groups excluding carboxylic acids is 1. The van der Waals surface area contributed by atoms with Crippen LogP contribution in [0, 0.1) is 5.92 Å². The Morgan fingerprint density at radius 2 is 2.32 bits per heavy atom. The largest absolute Gasteiger partial charge is 0.476 e. The van der Waals surface area contributed by atoms with E-state index in [0.29, 0.717) is 5.03 Å². The fraction of sp³-hybridized carbons (Fsp3) is 0.364. The minimum absolute atomic E-state index is 0.0689. The third-order valence-electron chi connectivity index (χ3n) is 3.19. The normalized spacial score (nSPS) is 27.3. The van der Waals surface area contributed by atoms with Gasteiger partial charge in [0.2, 0.25) is 5.91 Å². The fourth-order valence-corrected chi connectivity index (χ4v) is 3.86.